The maximum absolute atomic E-state index is 12.5. The highest BCUT2D eigenvalue weighted by Gasteiger charge is 2.29. The fraction of sp³-hybridized carbons (Fsp3) is 0.438. The summed E-state index contributed by atoms with van der Waals surface area (Å²) in [5, 5.41) is 6.26. The molecule has 0 radical (unpaired) electrons. The number of hydrogen-bond donors (Lipinski definition) is 0. The molecule has 1 amide bonds. The van der Waals surface area contributed by atoms with Crippen molar-refractivity contribution in [3.05, 3.63) is 39.3 Å². The molecule has 1 aliphatic rings. The third-order valence-corrected chi connectivity index (χ3v) is 4.85. The predicted molar refractivity (Wildman–Crippen MR) is 86.3 cm³/mol. The topological polar surface area (TPSA) is 64.4 Å². The maximum atomic E-state index is 12.5. The third-order valence-electron chi connectivity index (χ3n) is 3.97. The lowest BCUT2D eigenvalue weighted by atomic mass is 10.0. The maximum Gasteiger partial charge on any atom is 0.359 e. The van der Waals surface area contributed by atoms with Crippen LogP contribution in [0.25, 0.3) is 0 Å². The predicted octanol–water partition coefficient (Wildman–Crippen LogP) is 1.79. The van der Waals surface area contributed by atoms with Crippen molar-refractivity contribution in [1.29, 1.82) is 0 Å². The van der Waals surface area contributed by atoms with Crippen molar-refractivity contribution in [3.63, 3.8) is 0 Å². The Morgan fingerprint density at radius 3 is 2.96 bits per heavy atom. The van der Waals surface area contributed by atoms with Crippen LogP contribution in [0.1, 0.15) is 33.5 Å². The molecule has 3 rings (SSSR count). The second-order valence-corrected chi connectivity index (χ2v) is 6.47. The lowest BCUT2D eigenvalue weighted by molar-refractivity contribution is -0.131. The summed E-state index contributed by atoms with van der Waals surface area (Å²) in [5.74, 6) is -0.339. The summed E-state index contributed by atoms with van der Waals surface area (Å²) >= 11 is 1.58. The highest BCUT2D eigenvalue weighted by atomic mass is 32.1. The van der Waals surface area contributed by atoms with E-state index in [1.165, 1.54) is 0 Å². The van der Waals surface area contributed by atoms with Gasteiger partial charge in [-0.25, -0.2) is 4.79 Å². The molecule has 2 aromatic rings. The standard InChI is InChI=1S/C16H19N3O3S/c1-3-22-16(21)15-12-10-19(7-6-13(12)18(2)17-15)14(20)9-11-5-4-8-23-11/h4-5,8H,3,6-7,9-10H2,1-2H3. The van der Waals surface area contributed by atoms with Crippen LogP contribution in [0.15, 0.2) is 17.5 Å². The number of rotatable bonds is 4. The molecule has 23 heavy (non-hydrogen) atoms. The molecule has 1 aliphatic heterocycles. The van der Waals surface area contributed by atoms with Crippen LogP contribution >= 0.6 is 11.3 Å². The van der Waals surface area contributed by atoms with Crippen LogP contribution in [-0.4, -0.2) is 39.7 Å². The van der Waals surface area contributed by atoms with Crippen LogP contribution in [0, 0.1) is 0 Å². The molecule has 6 nitrogen and oxygen atoms in total. The molecule has 0 saturated heterocycles. The van der Waals surface area contributed by atoms with Crippen LogP contribution in [0.4, 0.5) is 0 Å². The number of aromatic nitrogens is 2. The third kappa shape index (κ3) is 3.14. The second kappa shape index (κ2) is 6.54. The van der Waals surface area contributed by atoms with E-state index in [9.17, 15) is 9.59 Å². The molecule has 0 spiro atoms. The van der Waals surface area contributed by atoms with Gasteiger partial charge >= 0.3 is 5.97 Å². The van der Waals surface area contributed by atoms with Crippen LogP contribution in [0.3, 0.4) is 0 Å². The van der Waals surface area contributed by atoms with Gasteiger partial charge in [-0.3, -0.25) is 9.48 Å². The quantitative estimate of drug-likeness (QED) is 0.800. The van der Waals surface area contributed by atoms with E-state index in [0.29, 0.717) is 38.2 Å². The molecule has 122 valence electrons. The zero-order valence-electron chi connectivity index (χ0n) is 13.2. The Morgan fingerprint density at radius 1 is 1.43 bits per heavy atom. The van der Waals surface area contributed by atoms with Gasteiger partial charge in [0, 0.05) is 42.7 Å². The van der Waals surface area contributed by atoms with Crippen molar-refractivity contribution < 1.29 is 14.3 Å². The van der Waals surface area contributed by atoms with Gasteiger partial charge in [-0.2, -0.15) is 5.10 Å². The van der Waals surface area contributed by atoms with Crippen LogP contribution in [-0.2, 0) is 36.0 Å². The molecule has 0 N–H and O–H groups in total. The summed E-state index contributed by atoms with van der Waals surface area (Å²) in [5.41, 5.74) is 2.16. The van der Waals surface area contributed by atoms with E-state index in [0.717, 1.165) is 16.1 Å². The number of thiophene rings is 1. The van der Waals surface area contributed by atoms with Crippen molar-refractivity contribution in [2.45, 2.75) is 26.3 Å². The Hall–Kier alpha value is -2.15. The minimum absolute atomic E-state index is 0.0803. The number of amides is 1. The van der Waals surface area contributed by atoms with Crippen molar-refractivity contribution in [2.75, 3.05) is 13.2 Å². The van der Waals surface area contributed by atoms with E-state index in [4.69, 9.17) is 4.74 Å². The minimum atomic E-state index is -0.420. The Bertz CT molecular complexity index is 721. The van der Waals surface area contributed by atoms with Crippen LogP contribution in [0.5, 0.6) is 0 Å². The largest absolute Gasteiger partial charge is 0.461 e. The molecule has 2 aromatic heterocycles. The average molecular weight is 333 g/mol. The van der Waals surface area contributed by atoms with E-state index >= 15 is 0 Å². The van der Waals surface area contributed by atoms with E-state index in [-0.39, 0.29) is 5.91 Å². The molecule has 0 unspecified atom stereocenters. The Kier molecular flexibility index (Phi) is 4.47. The number of hydrogen-bond acceptors (Lipinski definition) is 5. The summed E-state index contributed by atoms with van der Waals surface area (Å²) in [4.78, 5) is 27.4. The first-order valence-corrected chi connectivity index (χ1v) is 8.50. The highest BCUT2D eigenvalue weighted by molar-refractivity contribution is 7.10. The fourth-order valence-electron chi connectivity index (χ4n) is 2.84. The molecule has 7 heteroatoms. The number of carbonyl (C=O) groups excluding carboxylic acids is 2. The Labute approximate surface area is 138 Å². The summed E-state index contributed by atoms with van der Waals surface area (Å²) < 4.78 is 6.80. The molecule has 0 aliphatic carbocycles. The van der Waals surface area contributed by atoms with Gasteiger partial charge in [-0.15, -0.1) is 11.3 Å². The van der Waals surface area contributed by atoms with Gasteiger partial charge in [-0.1, -0.05) is 6.07 Å². The van der Waals surface area contributed by atoms with Gasteiger partial charge in [0.15, 0.2) is 5.69 Å². The van der Waals surface area contributed by atoms with Crippen molar-refractivity contribution >= 4 is 23.2 Å². The number of ether oxygens (including phenoxy) is 1. The average Bonchev–Trinajstić information content (AvgIpc) is 3.15. The first kappa shape index (κ1) is 15.7. The summed E-state index contributed by atoms with van der Waals surface area (Å²) in [6.07, 6.45) is 1.11. The van der Waals surface area contributed by atoms with Gasteiger partial charge in [0.05, 0.1) is 13.0 Å². The zero-order chi connectivity index (χ0) is 16.4. The number of carbonyl (C=O) groups is 2. The normalized spacial score (nSPS) is 13.7. The fourth-order valence-corrected chi connectivity index (χ4v) is 3.54. The lowest BCUT2D eigenvalue weighted by Crippen LogP contribution is -2.37. The molecule has 0 atom stereocenters. The van der Waals surface area contributed by atoms with Gasteiger partial charge in [0.1, 0.15) is 0 Å². The Morgan fingerprint density at radius 2 is 2.26 bits per heavy atom. The minimum Gasteiger partial charge on any atom is -0.461 e. The monoisotopic (exact) mass is 333 g/mol. The number of nitrogens with zero attached hydrogens (tertiary/aromatic N) is 3. The summed E-state index contributed by atoms with van der Waals surface area (Å²) in [7, 11) is 1.82. The van der Waals surface area contributed by atoms with Crippen molar-refractivity contribution in [3.8, 4) is 0 Å². The molecular formula is C16H19N3O3S. The van der Waals surface area contributed by atoms with Gasteiger partial charge in [0.2, 0.25) is 5.91 Å². The first-order chi connectivity index (χ1) is 11.1. The molecule has 0 saturated carbocycles. The number of esters is 1. The molecule has 0 aromatic carbocycles. The highest BCUT2D eigenvalue weighted by Crippen LogP contribution is 2.23. The smallest absolute Gasteiger partial charge is 0.359 e. The van der Waals surface area contributed by atoms with Crippen molar-refractivity contribution in [2.24, 2.45) is 7.05 Å². The van der Waals surface area contributed by atoms with Gasteiger partial charge in [0.25, 0.3) is 0 Å². The van der Waals surface area contributed by atoms with E-state index in [2.05, 4.69) is 5.10 Å². The lowest BCUT2D eigenvalue weighted by Gasteiger charge is -2.27. The van der Waals surface area contributed by atoms with Gasteiger partial charge in [-0.05, 0) is 18.4 Å². The van der Waals surface area contributed by atoms with Crippen LogP contribution < -0.4 is 0 Å². The number of fused-ring (bicyclic) bond motifs is 1. The SMILES string of the molecule is CCOC(=O)c1nn(C)c2c1CN(C(=O)Cc1cccs1)CC2. The number of aryl methyl sites for hydroxylation is 1. The zero-order valence-corrected chi connectivity index (χ0v) is 14.1. The van der Waals surface area contributed by atoms with Crippen molar-refractivity contribution in [1.82, 2.24) is 14.7 Å². The molecule has 3 heterocycles. The van der Waals surface area contributed by atoms with E-state index in [1.807, 2.05) is 24.6 Å². The van der Waals surface area contributed by atoms with Gasteiger partial charge < -0.3 is 9.64 Å². The van der Waals surface area contributed by atoms with E-state index < -0.39 is 5.97 Å². The van der Waals surface area contributed by atoms with E-state index in [1.54, 1.807) is 27.8 Å². The first-order valence-electron chi connectivity index (χ1n) is 7.62. The molecular weight excluding hydrogens is 314 g/mol. The summed E-state index contributed by atoms with van der Waals surface area (Å²) in [6.45, 7) is 3.15. The second-order valence-electron chi connectivity index (χ2n) is 5.44. The summed E-state index contributed by atoms with van der Waals surface area (Å²) in [6, 6.07) is 3.91. The Balaban J connectivity index is 1.79. The molecule has 0 bridgehead atoms. The molecule has 0 fully saturated rings. The van der Waals surface area contributed by atoms with Crippen LogP contribution in [0.2, 0.25) is 0 Å².